The molecule has 0 aromatic heterocycles. The monoisotopic (exact) mass is 284 g/mol. The van der Waals surface area contributed by atoms with Crippen molar-refractivity contribution in [3.63, 3.8) is 0 Å². The Morgan fingerprint density at radius 3 is 1.10 bits per heavy atom. The second-order valence-corrected chi connectivity index (χ2v) is 5.77. The molecule has 0 radical (unpaired) electrons. The predicted molar refractivity (Wildman–Crippen MR) is 96.4 cm³/mol. The average molecular weight is 285 g/mol. The van der Waals surface area contributed by atoms with Gasteiger partial charge in [0, 0.05) is 0 Å². The summed E-state index contributed by atoms with van der Waals surface area (Å²) < 4.78 is 0. The molecule has 0 nitrogen and oxygen atoms in total. The van der Waals surface area contributed by atoms with Crippen molar-refractivity contribution in [3.8, 4) is 0 Å². The number of hydrogen-bond acceptors (Lipinski definition) is 0. The zero-order valence-electron chi connectivity index (χ0n) is 15.8. The maximum Gasteiger partial charge on any atom is -0.0386 e. The van der Waals surface area contributed by atoms with E-state index in [0.717, 1.165) is 17.8 Å². The lowest BCUT2D eigenvalue weighted by Gasteiger charge is -2.27. The SMILES string of the molecule is CC.CC.CC.CC1CCCC(C2CCCC2)CCC1. The van der Waals surface area contributed by atoms with E-state index in [-0.39, 0.29) is 0 Å². The van der Waals surface area contributed by atoms with E-state index in [1.54, 1.807) is 25.7 Å². The molecule has 0 spiro atoms. The number of rotatable bonds is 1. The van der Waals surface area contributed by atoms with Crippen LogP contribution in [0.15, 0.2) is 0 Å². The van der Waals surface area contributed by atoms with Gasteiger partial charge in [-0.15, -0.1) is 0 Å². The lowest BCUT2D eigenvalue weighted by atomic mass is 9.79. The van der Waals surface area contributed by atoms with Crippen LogP contribution in [-0.2, 0) is 0 Å². The van der Waals surface area contributed by atoms with E-state index in [1.165, 1.54) is 38.5 Å². The first kappa shape index (κ1) is 22.3. The van der Waals surface area contributed by atoms with Crippen molar-refractivity contribution in [2.24, 2.45) is 17.8 Å². The third kappa shape index (κ3) is 9.83. The highest BCUT2D eigenvalue weighted by Gasteiger charge is 2.25. The van der Waals surface area contributed by atoms with Crippen molar-refractivity contribution in [1.29, 1.82) is 0 Å². The second kappa shape index (κ2) is 17.1. The van der Waals surface area contributed by atoms with Crippen LogP contribution in [0.4, 0.5) is 0 Å². The van der Waals surface area contributed by atoms with Gasteiger partial charge in [-0.2, -0.15) is 0 Å². The fourth-order valence-corrected chi connectivity index (χ4v) is 3.65. The quantitative estimate of drug-likeness (QED) is 0.459. The summed E-state index contributed by atoms with van der Waals surface area (Å²) in [4.78, 5) is 0. The van der Waals surface area contributed by atoms with Gasteiger partial charge in [-0.3, -0.25) is 0 Å². The van der Waals surface area contributed by atoms with E-state index < -0.39 is 0 Å². The average Bonchev–Trinajstić information content (AvgIpc) is 3.03. The summed E-state index contributed by atoms with van der Waals surface area (Å²) in [6.45, 7) is 14.4. The standard InChI is InChI=1S/C14H26.3C2H6/c1-12-6-4-10-14(11-5-7-12)13-8-2-3-9-13;3*1-2/h12-14H,2-11H2,1H3;3*1-2H3. The highest BCUT2D eigenvalue weighted by Crippen LogP contribution is 2.38. The van der Waals surface area contributed by atoms with Gasteiger partial charge >= 0.3 is 0 Å². The largest absolute Gasteiger partial charge is 0.0683 e. The Kier molecular flexibility index (Phi) is 19.0. The molecule has 2 rings (SSSR count). The van der Waals surface area contributed by atoms with Crippen molar-refractivity contribution in [2.45, 2.75) is 113 Å². The molecule has 2 aliphatic carbocycles. The fraction of sp³-hybridized carbons (Fsp3) is 1.00. The van der Waals surface area contributed by atoms with Crippen LogP contribution in [0.25, 0.3) is 0 Å². The molecule has 0 unspecified atom stereocenters. The predicted octanol–water partition coefficient (Wildman–Crippen LogP) is 7.86. The first-order valence-electron chi connectivity index (χ1n) is 9.86. The van der Waals surface area contributed by atoms with Crippen molar-refractivity contribution in [2.75, 3.05) is 0 Å². The Morgan fingerprint density at radius 1 is 0.450 bits per heavy atom. The molecular formula is C20H44. The summed E-state index contributed by atoms with van der Waals surface area (Å²) in [6.07, 6.45) is 15.3. The maximum atomic E-state index is 2.44. The Bertz CT molecular complexity index is 145. The molecule has 0 aromatic carbocycles. The summed E-state index contributed by atoms with van der Waals surface area (Å²) in [5.74, 6) is 3.26. The van der Waals surface area contributed by atoms with Crippen molar-refractivity contribution < 1.29 is 0 Å². The Balaban J connectivity index is 0. The summed E-state index contributed by atoms with van der Waals surface area (Å²) in [5, 5.41) is 0. The minimum atomic E-state index is 1.01. The molecule has 0 heteroatoms. The van der Waals surface area contributed by atoms with E-state index >= 15 is 0 Å². The Hall–Kier alpha value is 0. The molecule has 124 valence electrons. The second-order valence-electron chi connectivity index (χ2n) is 5.77. The van der Waals surface area contributed by atoms with Crippen LogP contribution in [0, 0.1) is 17.8 Å². The first-order valence-corrected chi connectivity index (χ1v) is 9.86. The van der Waals surface area contributed by atoms with Crippen LogP contribution in [0.3, 0.4) is 0 Å². The number of hydrogen-bond donors (Lipinski definition) is 0. The molecule has 0 atom stereocenters. The molecule has 0 heterocycles. The van der Waals surface area contributed by atoms with Crippen LogP contribution in [0.1, 0.15) is 113 Å². The van der Waals surface area contributed by atoms with Crippen LogP contribution in [-0.4, -0.2) is 0 Å². The maximum absolute atomic E-state index is 2.44. The summed E-state index contributed by atoms with van der Waals surface area (Å²) in [6, 6.07) is 0. The highest BCUT2D eigenvalue weighted by atomic mass is 14.3. The summed E-state index contributed by atoms with van der Waals surface area (Å²) >= 11 is 0. The van der Waals surface area contributed by atoms with Gasteiger partial charge in [-0.1, -0.05) is 113 Å². The molecule has 20 heavy (non-hydrogen) atoms. The van der Waals surface area contributed by atoms with Gasteiger partial charge in [0.25, 0.3) is 0 Å². The van der Waals surface area contributed by atoms with E-state index in [0.29, 0.717) is 0 Å². The Morgan fingerprint density at radius 2 is 0.750 bits per heavy atom. The van der Waals surface area contributed by atoms with E-state index in [2.05, 4.69) is 6.92 Å². The molecule has 0 aliphatic heterocycles. The van der Waals surface area contributed by atoms with Crippen LogP contribution < -0.4 is 0 Å². The van der Waals surface area contributed by atoms with Gasteiger partial charge in [-0.05, 0) is 17.8 Å². The molecule has 2 fully saturated rings. The van der Waals surface area contributed by atoms with Gasteiger partial charge in [0.2, 0.25) is 0 Å². The molecule has 0 amide bonds. The van der Waals surface area contributed by atoms with Gasteiger partial charge in [-0.25, -0.2) is 0 Å². The van der Waals surface area contributed by atoms with Crippen molar-refractivity contribution in [1.82, 2.24) is 0 Å². The summed E-state index contributed by atoms with van der Waals surface area (Å²) in [5.41, 5.74) is 0. The zero-order chi connectivity index (χ0) is 15.8. The van der Waals surface area contributed by atoms with Gasteiger partial charge in [0.1, 0.15) is 0 Å². The van der Waals surface area contributed by atoms with Crippen molar-refractivity contribution >= 4 is 0 Å². The molecule has 0 N–H and O–H groups in total. The van der Waals surface area contributed by atoms with E-state index in [9.17, 15) is 0 Å². The minimum absolute atomic E-state index is 1.01. The third-order valence-electron chi connectivity index (χ3n) is 4.61. The topological polar surface area (TPSA) is 0 Å². The normalized spacial score (nSPS) is 26.6. The molecule has 0 saturated heterocycles. The van der Waals surface area contributed by atoms with E-state index in [4.69, 9.17) is 0 Å². The van der Waals surface area contributed by atoms with Gasteiger partial charge in [0.15, 0.2) is 0 Å². The van der Waals surface area contributed by atoms with Crippen LogP contribution in [0.5, 0.6) is 0 Å². The molecular weight excluding hydrogens is 240 g/mol. The lowest BCUT2D eigenvalue weighted by Crippen LogP contribution is -2.15. The lowest BCUT2D eigenvalue weighted by molar-refractivity contribution is 0.250. The fourth-order valence-electron chi connectivity index (χ4n) is 3.65. The summed E-state index contributed by atoms with van der Waals surface area (Å²) in [7, 11) is 0. The van der Waals surface area contributed by atoms with Crippen molar-refractivity contribution in [3.05, 3.63) is 0 Å². The molecule has 0 bridgehead atoms. The minimum Gasteiger partial charge on any atom is -0.0683 e. The van der Waals surface area contributed by atoms with E-state index in [1.807, 2.05) is 41.5 Å². The zero-order valence-corrected chi connectivity index (χ0v) is 15.8. The first-order chi connectivity index (χ1) is 9.86. The van der Waals surface area contributed by atoms with Crippen LogP contribution in [0.2, 0.25) is 0 Å². The smallest absolute Gasteiger partial charge is 0.0386 e. The molecule has 0 aromatic rings. The highest BCUT2D eigenvalue weighted by molar-refractivity contribution is 4.77. The van der Waals surface area contributed by atoms with Gasteiger partial charge in [0.05, 0.1) is 0 Å². The Labute approximate surface area is 131 Å². The third-order valence-corrected chi connectivity index (χ3v) is 4.61. The molecule has 2 saturated carbocycles. The molecule has 2 aliphatic rings. The van der Waals surface area contributed by atoms with Crippen LogP contribution >= 0.6 is 0 Å². The van der Waals surface area contributed by atoms with Gasteiger partial charge < -0.3 is 0 Å².